The Labute approximate surface area is 182 Å². The van der Waals surface area contributed by atoms with Crippen molar-refractivity contribution < 1.29 is 22.8 Å². The Morgan fingerprint density at radius 2 is 1.77 bits per heavy atom. The largest absolute Gasteiger partial charge is 0.334 e. The highest BCUT2D eigenvalue weighted by molar-refractivity contribution is 7.91. The second-order valence-electron chi connectivity index (χ2n) is 9.11. The van der Waals surface area contributed by atoms with E-state index in [1.807, 2.05) is 19.1 Å². The van der Waals surface area contributed by atoms with Crippen LogP contribution in [0.25, 0.3) is 0 Å². The van der Waals surface area contributed by atoms with Gasteiger partial charge in [-0.2, -0.15) is 0 Å². The van der Waals surface area contributed by atoms with Gasteiger partial charge in [0.25, 0.3) is 5.91 Å². The van der Waals surface area contributed by atoms with Gasteiger partial charge in [0.05, 0.1) is 11.5 Å². The van der Waals surface area contributed by atoms with Crippen LogP contribution >= 0.6 is 0 Å². The SMILES string of the molecule is Cc1ccc(C2(C)NC(=O)N(CC(=O)N(C3CCCC3)C3CCS(=O)(=O)C3)C2=O)cc1. The Kier molecular flexibility index (Phi) is 5.57. The maximum Gasteiger partial charge on any atom is 0.325 e. The number of rotatable bonds is 5. The van der Waals surface area contributed by atoms with Gasteiger partial charge in [-0.15, -0.1) is 0 Å². The number of carbonyl (C=O) groups excluding carboxylic acids is 3. The van der Waals surface area contributed by atoms with Crippen LogP contribution in [0.4, 0.5) is 4.79 Å². The monoisotopic (exact) mass is 447 g/mol. The number of nitrogens with zero attached hydrogens (tertiary/aromatic N) is 2. The van der Waals surface area contributed by atoms with Crippen molar-refractivity contribution in [2.45, 2.75) is 63.6 Å². The van der Waals surface area contributed by atoms with Gasteiger partial charge in [-0.05, 0) is 38.7 Å². The summed E-state index contributed by atoms with van der Waals surface area (Å²) in [5, 5.41) is 2.73. The summed E-state index contributed by atoms with van der Waals surface area (Å²) in [4.78, 5) is 41.8. The van der Waals surface area contributed by atoms with E-state index in [4.69, 9.17) is 0 Å². The number of urea groups is 1. The first kappa shape index (κ1) is 21.8. The van der Waals surface area contributed by atoms with Crippen LogP contribution in [0.3, 0.4) is 0 Å². The Bertz CT molecular complexity index is 1000. The van der Waals surface area contributed by atoms with E-state index in [0.29, 0.717) is 12.0 Å². The first-order valence-corrected chi connectivity index (χ1v) is 12.7. The van der Waals surface area contributed by atoms with Crippen molar-refractivity contribution in [1.82, 2.24) is 15.1 Å². The molecule has 2 aliphatic heterocycles. The Morgan fingerprint density at radius 3 is 2.35 bits per heavy atom. The number of sulfone groups is 1. The van der Waals surface area contributed by atoms with Crippen LogP contribution in [-0.2, 0) is 25.0 Å². The van der Waals surface area contributed by atoms with Gasteiger partial charge in [0, 0.05) is 12.1 Å². The third kappa shape index (κ3) is 4.07. The van der Waals surface area contributed by atoms with Crippen LogP contribution in [-0.4, -0.2) is 66.2 Å². The average molecular weight is 448 g/mol. The zero-order valence-electron chi connectivity index (χ0n) is 18.0. The number of benzene rings is 1. The highest BCUT2D eigenvalue weighted by Gasteiger charge is 2.50. The fraction of sp³-hybridized carbons (Fsp3) is 0.591. The highest BCUT2D eigenvalue weighted by atomic mass is 32.2. The summed E-state index contributed by atoms with van der Waals surface area (Å²) in [5.41, 5.74) is 0.454. The van der Waals surface area contributed by atoms with Crippen LogP contribution in [0.5, 0.6) is 0 Å². The molecule has 2 saturated heterocycles. The van der Waals surface area contributed by atoms with E-state index in [1.54, 1.807) is 24.0 Å². The van der Waals surface area contributed by atoms with Crippen LogP contribution < -0.4 is 5.32 Å². The fourth-order valence-electron chi connectivity index (χ4n) is 5.02. The molecule has 9 heteroatoms. The number of hydrogen-bond donors (Lipinski definition) is 1. The van der Waals surface area contributed by atoms with Gasteiger partial charge in [-0.1, -0.05) is 42.7 Å². The van der Waals surface area contributed by atoms with Crippen LogP contribution in [0, 0.1) is 6.92 Å². The number of carbonyl (C=O) groups is 3. The maximum absolute atomic E-state index is 13.3. The molecule has 3 fully saturated rings. The molecule has 2 unspecified atom stereocenters. The Morgan fingerprint density at radius 1 is 1.13 bits per heavy atom. The lowest BCUT2D eigenvalue weighted by molar-refractivity contribution is -0.141. The van der Waals surface area contributed by atoms with E-state index in [0.717, 1.165) is 36.1 Å². The molecule has 4 amide bonds. The number of imide groups is 1. The van der Waals surface area contributed by atoms with Gasteiger partial charge in [0.15, 0.2) is 9.84 Å². The van der Waals surface area contributed by atoms with Crippen molar-refractivity contribution in [2.24, 2.45) is 0 Å². The molecule has 3 aliphatic rings. The summed E-state index contributed by atoms with van der Waals surface area (Å²) >= 11 is 0. The molecule has 1 N–H and O–H groups in total. The van der Waals surface area contributed by atoms with Crippen LogP contribution in [0.15, 0.2) is 24.3 Å². The molecule has 168 valence electrons. The fourth-order valence-corrected chi connectivity index (χ4v) is 6.73. The van der Waals surface area contributed by atoms with Crippen LogP contribution in [0.1, 0.15) is 50.2 Å². The second kappa shape index (κ2) is 7.93. The molecule has 8 nitrogen and oxygen atoms in total. The molecule has 1 saturated carbocycles. The van der Waals surface area contributed by atoms with Crippen molar-refractivity contribution in [3.63, 3.8) is 0 Å². The molecule has 2 atom stereocenters. The van der Waals surface area contributed by atoms with Crippen molar-refractivity contribution >= 4 is 27.7 Å². The quantitative estimate of drug-likeness (QED) is 0.692. The van der Waals surface area contributed by atoms with Gasteiger partial charge in [-0.3, -0.25) is 14.5 Å². The van der Waals surface area contributed by atoms with Gasteiger partial charge < -0.3 is 10.2 Å². The molecule has 1 aromatic carbocycles. The standard InChI is InChI=1S/C22H29N3O5S/c1-15-7-9-16(10-8-15)22(2)20(27)24(21(28)23-22)13-19(26)25(17-5-3-4-6-17)18-11-12-31(29,30)14-18/h7-10,17-18H,3-6,11-14H2,1-2H3,(H,23,28). The third-order valence-electron chi connectivity index (χ3n) is 6.81. The summed E-state index contributed by atoms with van der Waals surface area (Å²) in [7, 11) is -3.16. The molecule has 0 bridgehead atoms. The Hall–Kier alpha value is -2.42. The van der Waals surface area contributed by atoms with E-state index in [1.165, 1.54) is 0 Å². The lowest BCUT2D eigenvalue weighted by Crippen LogP contribution is -2.51. The molecule has 0 aromatic heterocycles. The number of hydrogen-bond acceptors (Lipinski definition) is 5. The zero-order valence-corrected chi connectivity index (χ0v) is 18.8. The minimum absolute atomic E-state index is 0.0324. The predicted molar refractivity (Wildman–Crippen MR) is 115 cm³/mol. The van der Waals surface area contributed by atoms with E-state index in [9.17, 15) is 22.8 Å². The predicted octanol–water partition coefficient (Wildman–Crippen LogP) is 1.72. The lowest BCUT2D eigenvalue weighted by Gasteiger charge is -2.35. The molecular weight excluding hydrogens is 418 g/mol. The molecule has 31 heavy (non-hydrogen) atoms. The van der Waals surface area contributed by atoms with Crippen molar-refractivity contribution in [3.8, 4) is 0 Å². The van der Waals surface area contributed by atoms with Gasteiger partial charge >= 0.3 is 6.03 Å². The highest BCUT2D eigenvalue weighted by Crippen LogP contribution is 2.32. The first-order valence-electron chi connectivity index (χ1n) is 10.8. The van der Waals surface area contributed by atoms with Gasteiger partial charge in [-0.25, -0.2) is 13.2 Å². The van der Waals surface area contributed by atoms with E-state index < -0.39 is 27.3 Å². The van der Waals surface area contributed by atoms with Crippen molar-refractivity contribution in [2.75, 3.05) is 18.1 Å². The Balaban J connectivity index is 1.55. The number of nitrogens with one attached hydrogen (secondary N) is 1. The molecule has 0 radical (unpaired) electrons. The van der Waals surface area contributed by atoms with Crippen molar-refractivity contribution in [1.29, 1.82) is 0 Å². The van der Waals surface area contributed by atoms with Gasteiger partial charge in [0.2, 0.25) is 5.91 Å². The second-order valence-corrected chi connectivity index (χ2v) is 11.3. The van der Waals surface area contributed by atoms with E-state index in [2.05, 4.69) is 5.32 Å². The third-order valence-corrected chi connectivity index (χ3v) is 8.56. The van der Waals surface area contributed by atoms with Gasteiger partial charge in [0.1, 0.15) is 12.1 Å². The maximum atomic E-state index is 13.3. The number of amides is 4. The summed E-state index contributed by atoms with van der Waals surface area (Å²) in [6.07, 6.45) is 4.03. The molecule has 2 heterocycles. The van der Waals surface area contributed by atoms with Crippen molar-refractivity contribution in [3.05, 3.63) is 35.4 Å². The van der Waals surface area contributed by atoms with Crippen LogP contribution in [0.2, 0.25) is 0 Å². The minimum Gasteiger partial charge on any atom is -0.334 e. The van der Waals surface area contributed by atoms with E-state index >= 15 is 0 Å². The summed E-state index contributed by atoms with van der Waals surface area (Å²) < 4.78 is 24.1. The summed E-state index contributed by atoms with van der Waals surface area (Å²) in [6, 6.07) is 6.32. The average Bonchev–Trinajstić information content (AvgIpc) is 3.40. The molecular formula is C22H29N3O5S. The smallest absolute Gasteiger partial charge is 0.325 e. The zero-order chi connectivity index (χ0) is 22.4. The molecule has 0 spiro atoms. The topological polar surface area (TPSA) is 104 Å². The van der Waals surface area contributed by atoms with E-state index in [-0.39, 0.29) is 36.0 Å². The summed E-state index contributed by atoms with van der Waals surface area (Å²) in [6.45, 7) is 3.20. The lowest BCUT2D eigenvalue weighted by atomic mass is 9.91. The minimum atomic E-state index is -3.16. The number of aryl methyl sites for hydroxylation is 1. The summed E-state index contributed by atoms with van der Waals surface area (Å²) in [5.74, 6) is -0.801. The normalized spacial score (nSPS) is 28.2. The molecule has 4 rings (SSSR count). The first-order chi connectivity index (χ1) is 14.6. The molecule has 1 aliphatic carbocycles. The molecule has 1 aromatic rings.